The lowest BCUT2D eigenvalue weighted by atomic mass is 10.5. The molecule has 6 heteroatoms. The number of rotatable bonds is 6. The van der Waals surface area contributed by atoms with Gasteiger partial charge >= 0.3 is 10.0 Å². The highest BCUT2D eigenvalue weighted by atomic mass is 35.5. The quantitative estimate of drug-likeness (QED) is 0.413. The van der Waals surface area contributed by atoms with E-state index < -0.39 is 18.3 Å². The van der Waals surface area contributed by atoms with Crippen molar-refractivity contribution in [1.82, 2.24) is 0 Å². The van der Waals surface area contributed by atoms with Gasteiger partial charge in [0, 0.05) is 26.7 Å². The molecule has 0 saturated heterocycles. The predicted molar refractivity (Wildman–Crippen MR) is 67.2 cm³/mol. The minimum atomic E-state index is -1.25. The molecule has 0 aliphatic rings. The molecule has 14 heavy (non-hydrogen) atoms. The first kappa shape index (κ1) is 17.0. The van der Waals surface area contributed by atoms with Crippen molar-refractivity contribution in [3.8, 4) is 0 Å². The van der Waals surface area contributed by atoms with Gasteiger partial charge in [-0.25, -0.2) is 0 Å². The Bertz CT molecular complexity index is 107. The molecule has 0 atom stereocenters. The van der Waals surface area contributed by atoms with E-state index in [1.54, 1.807) is 14.2 Å². The van der Waals surface area contributed by atoms with Gasteiger partial charge < -0.3 is 13.3 Å². The smallest absolute Gasteiger partial charge is 0.303 e. The van der Waals surface area contributed by atoms with Gasteiger partial charge in [-0.2, -0.15) is 0 Å². The van der Waals surface area contributed by atoms with E-state index in [1.165, 1.54) is 0 Å². The van der Waals surface area contributed by atoms with E-state index in [4.69, 9.17) is 16.0 Å². The summed E-state index contributed by atoms with van der Waals surface area (Å²) in [6.07, 6.45) is 0.978. The second kappa shape index (κ2) is 11.7. The Morgan fingerprint density at radius 2 is 1.64 bits per heavy atom. The molecule has 0 radical (unpaired) electrons. The Morgan fingerprint density at radius 1 is 1.14 bits per heavy atom. The van der Waals surface area contributed by atoms with Crippen LogP contribution >= 0.6 is 11.6 Å². The molecule has 0 aliphatic carbocycles. The Hall–Kier alpha value is 0.604. The van der Waals surface area contributed by atoms with Crippen molar-refractivity contribution in [2.45, 2.75) is 26.1 Å². The van der Waals surface area contributed by atoms with Gasteiger partial charge in [-0.15, -0.1) is 11.6 Å². The fourth-order valence-corrected chi connectivity index (χ4v) is 1.65. The van der Waals surface area contributed by atoms with E-state index in [9.17, 15) is 0 Å². The lowest BCUT2D eigenvalue weighted by Gasteiger charge is -2.15. The minimum absolute atomic E-state index is 0.568. The van der Waals surface area contributed by atoms with Crippen LogP contribution in [0.15, 0.2) is 0 Å². The molecular formula is C8H23ClO3Si2. The zero-order chi connectivity index (χ0) is 11.4. The molecule has 0 rings (SSSR count). The van der Waals surface area contributed by atoms with Crippen molar-refractivity contribution >= 4 is 29.9 Å². The zero-order valence-electron chi connectivity index (χ0n) is 9.93. The molecule has 3 nitrogen and oxygen atoms in total. The maximum absolute atomic E-state index is 5.52. The molecule has 0 unspecified atom stereocenters. The fourth-order valence-electron chi connectivity index (χ4n) is 0.551. The molecule has 0 N–H and O–H groups in total. The normalized spacial score (nSPS) is 10.7. The molecule has 0 spiro atoms. The third-order valence-electron chi connectivity index (χ3n) is 1.05. The van der Waals surface area contributed by atoms with Gasteiger partial charge in [0.25, 0.3) is 0 Å². The van der Waals surface area contributed by atoms with Crippen molar-refractivity contribution in [1.29, 1.82) is 0 Å². The number of hydrogen-bond donors (Lipinski definition) is 0. The van der Waals surface area contributed by atoms with E-state index in [2.05, 4.69) is 28.5 Å². The summed E-state index contributed by atoms with van der Waals surface area (Å²) < 4.78 is 14.7. The van der Waals surface area contributed by atoms with Gasteiger partial charge in [-0.1, -0.05) is 0 Å². The molecular weight excluding hydrogens is 236 g/mol. The molecule has 0 aromatic rings. The van der Waals surface area contributed by atoms with Crippen LogP contribution in [0.4, 0.5) is 0 Å². The number of alkyl halides is 1. The predicted octanol–water partition coefficient (Wildman–Crippen LogP) is 1.74. The van der Waals surface area contributed by atoms with E-state index in [0.717, 1.165) is 13.0 Å². The molecule has 0 bridgehead atoms. The molecule has 88 valence electrons. The van der Waals surface area contributed by atoms with Crippen molar-refractivity contribution < 1.29 is 13.3 Å². The van der Waals surface area contributed by atoms with Crippen molar-refractivity contribution in [2.75, 3.05) is 26.7 Å². The SMILES string of the molecule is CO[SiH2]OC.C[Si](C)(C)OCCCCl. The van der Waals surface area contributed by atoms with Crippen LogP contribution in [-0.4, -0.2) is 45.0 Å². The molecule has 0 aromatic heterocycles. The molecule has 0 fully saturated rings. The first-order chi connectivity index (χ1) is 6.47. The van der Waals surface area contributed by atoms with Gasteiger partial charge in [0.1, 0.15) is 0 Å². The van der Waals surface area contributed by atoms with E-state index >= 15 is 0 Å². The van der Waals surface area contributed by atoms with Crippen LogP contribution in [0.3, 0.4) is 0 Å². The average Bonchev–Trinajstić information content (AvgIpc) is 2.05. The fraction of sp³-hybridized carbons (Fsp3) is 1.00. The summed E-state index contributed by atoms with van der Waals surface area (Å²) in [4.78, 5) is 0. The first-order valence-electron chi connectivity index (χ1n) is 4.65. The molecule has 0 amide bonds. The van der Waals surface area contributed by atoms with Crippen LogP contribution < -0.4 is 0 Å². The van der Waals surface area contributed by atoms with Crippen LogP contribution in [0.1, 0.15) is 6.42 Å². The van der Waals surface area contributed by atoms with Crippen LogP contribution in [0, 0.1) is 0 Å². The summed E-state index contributed by atoms with van der Waals surface area (Å²) in [5, 5.41) is 0. The highest BCUT2D eigenvalue weighted by molar-refractivity contribution is 6.69. The maximum atomic E-state index is 5.52. The van der Waals surface area contributed by atoms with Crippen LogP contribution in [0.5, 0.6) is 0 Å². The van der Waals surface area contributed by atoms with Crippen molar-refractivity contribution in [3.63, 3.8) is 0 Å². The lowest BCUT2D eigenvalue weighted by molar-refractivity contribution is 0.309. The zero-order valence-corrected chi connectivity index (χ0v) is 13.1. The van der Waals surface area contributed by atoms with Gasteiger partial charge in [-0.05, 0) is 26.1 Å². The second-order valence-corrected chi connectivity index (χ2v) is 9.98. The Labute approximate surface area is 96.3 Å². The van der Waals surface area contributed by atoms with Crippen LogP contribution in [-0.2, 0) is 13.3 Å². The van der Waals surface area contributed by atoms with Crippen LogP contribution in [0.25, 0.3) is 0 Å². The highest BCUT2D eigenvalue weighted by Crippen LogP contribution is 2.02. The monoisotopic (exact) mass is 258 g/mol. The standard InChI is InChI=1S/C6H15ClOSi.C2H8O2Si/c1-9(2,3)8-6-4-5-7;1-3-5-4-2/h4-6H2,1-3H3;5H2,1-2H3. The number of halogens is 1. The molecule has 0 heterocycles. The van der Waals surface area contributed by atoms with E-state index in [0.29, 0.717) is 5.88 Å². The average molecular weight is 259 g/mol. The summed E-state index contributed by atoms with van der Waals surface area (Å²) >= 11 is 5.47. The van der Waals surface area contributed by atoms with Gasteiger partial charge in [0.15, 0.2) is 8.32 Å². The Balaban J connectivity index is 0. The largest absolute Gasteiger partial charge is 0.418 e. The summed E-state index contributed by atoms with van der Waals surface area (Å²) in [5.74, 6) is 0.713. The number of hydrogen-bond acceptors (Lipinski definition) is 3. The van der Waals surface area contributed by atoms with Gasteiger partial charge in [-0.3, -0.25) is 0 Å². The topological polar surface area (TPSA) is 27.7 Å². The summed E-state index contributed by atoms with van der Waals surface area (Å²) in [7, 11) is 1.48. The Morgan fingerprint density at radius 3 is 1.86 bits per heavy atom. The molecule has 0 aliphatic heterocycles. The second-order valence-electron chi connectivity index (χ2n) is 3.70. The van der Waals surface area contributed by atoms with Crippen molar-refractivity contribution in [3.05, 3.63) is 0 Å². The van der Waals surface area contributed by atoms with Crippen molar-refractivity contribution in [2.24, 2.45) is 0 Å². The highest BCUT2D eigenvalue weighted by Gasteiger charge is 2.12. The Kier molecular flexibility index (Phi) is 14.2. The molecule has 0 aromatic carbocycles. The van der Waals surface area contributed by atoms with E-state index in [1.807, 2.05) is 0 Å². The van der Waals surface area contributed by atoms with Gasteiger partial charge in [0.05, 0.1) is 0 Å². The van der Waals surface area contributed by atoms with Crippen LogP contribution in [0.2, 0.25) is 19.6 Å². The molecule has 0 saturated carbocycles. The van der Waals surface area contributed by atoms with Gasteiger partial charge in [0.2, 0.25) is 0 Å². The summed E-state index contributed by atoms with van der Waals surface area (Å²) in [6, 6.07) is 0. The minimum Gasteiger partial charge on any atom is -0.418 e. The lowest BCUT2D eigenvalue weighted by Crippen LogP contribution is -2.25. The summed E-state index contributed by atoms with van der Waals surface area (Å²) in [6.45, 7) is 7.38. The van der Waals surface area contributed by atoms with E-state index in [-0.39, 0.29) is 0 Å². The third-order valence-corrected chi connectivity index (χ3v) is 2.86. The third kappa shape index (κ3) is 22.9. The maximum Gasteiger partial charge on any atom is 0.303 e. The first-order valence-corrected chi connectivity index (χ1v) is 9.75. The summed E-state index contributed by atoms with van der Waals surface area (Å²) in [5.41, 5.74) is 0.